The lowest BCUT2D eigenvalue weighted by atomic mass is 9.86. The second-order valence-electron chi connectivity index (χ2n) is 5.13. The average molecular weight is 221 g/mol. The number of rotatable bonds is 8. The van der Waals surface area contributed by atoms with Crippen molar-refractivity contribution in [1.82, 2.24) is 5.32 Å². The van der Waals surface area contributed by atoms with Crippen molar-refractivity contribution in [2.75, 3.05) is 6.54 Å². The molecule has 0 saturated carbocycles. The molecule has 92 valence electrons. The first-order valence-corrected chi connectivity index (χ1v) is 5.90. The molecule has 0 amide bonds. The second kappa shape index (κ2) is 7.15. The van der Waals surface area contributed by atoms with Gasteiger partial charge in [-0.15, -0.1) is 0 Å². The first kappa shape index (κ1) is 14.8. The molecular weight excluding hydrogens is 196 g/mol. The van der Waals surface area contributed by atoms with E-state index in [1.807, 2.05) is 0 Å². The maximum Gasteiger partial charge on any atom is 0.253 e. The van der Waals surface area contributed by atoms with Gasteiger partial charge >= 0.3 is 0 Å². The van der Waals surface area contributed by atoms with E-state index in [1.165, 1.54) is 26.2 Å². The van der Waals surface area contributed by atoms with Gasteiger partial charge in [0.05, 0.1) is 6.04 Å². The fourth-order valence-corrected chi connectivity index (χ4v) is 1.47. The van der Waals surface area contributed by atoms with Crippen LogP contribution in [-0.4, -0.2) is 19.0 Å². The van der Waals surface area contributed by atoms with Gasteiger partial charge in [-0.05, 0) is 18.8 Å². The van der Waals surface area contributed by atoms with Crippen molar-refractivity contribution >= 4 is 0 Å². The van der Waals surface area contributed by atoms with E-state index in [9.17, 15) is 8.78 Å². The van der Waals surface area contributed by atoms with Gasteiger partial charge < -0.3 is 5.32 Å². The summed E-state index contributed by atoms with van der Waals surface area (Å²) >= 11 is 0. The van der Waals surface area contributed by atoms with Crippen molar-refractivity contribution in [3.05, 3.63) is 0 Å². The molecule has 0 aromatic heterocycles. The van der Waals surface area contributed by atoms with E-state index in [0.717, 1.165) is 6.42 Å². The molecule has 15 heavy (non-hydrogen) atoms. The van der Waals surface area contributed by atoms with Crippen LogP contribution in [-0.2, 0) is 0 Å². The molecule has 0 spiro atoms. The highest BCUT2D eigenvalue weighted by Crippen LogP contribution is 2.23. The lowest BCUT2D eigenvalue weighted by Crippen LogP contribution is -2.39. The van der Waals surface area contributed by atoms with E-state index in [1.54, 1.807) is 0 Å². The number of halogens is 2. The maximum atomic E-state index is 12.2. The molecule has 1 N–H and O–H groups in total. The van der Waals surface area contributed by atoms with Gasteiger partial charge in [0, 0.05) is 6.54 Å². The maximum absolute atomic E-state index is 12.2. The lowest BCUT2D eigenvalue weighted by Gasteiger charge is -2.27. The summed E-state index contributed by atoms with van der Waals surface area (Å²) < 4.78 is 24.5. The van der Waals surface area contributed by atoms with Crippen molar-refractivity contribution in [1.29, 1.82) is 0 Å². The van der Waals surface area contributed by atoms with E-state index < -0.39 is 12.5 Å². The van der Waals surface area contributed by atoms with Gasteiger partial charge in [0.2, 0.25) is 0 Å². The topological polar surface area (TPSA) is 12.0 Å². The predicted molar refractivity (Wildman–Crippen MR) is 61.4 cm³/mol. The number of unbranched alkanes of at least 4 members (excludes halogenated alkanes) is 2. The largest absolute Gasteiger partial charge is 0.309 e. The Labute approximate surface area is 92.6 Å². The highest BCUT2D eigenvalue weighted by Gasteiger charge is 2.20. The summed E-state index contributed by atoms with van der Waals surface area (Å²) in [7, 11) is 0. The minimum atomic E-state index is -2.27. The van der Waals surface area contributed by atoms with Gasteiger partial charge in [0.1, 0.15) is 0 Å². The molecule has 0 rings (SSSR count). The van der Waals surface area contributed by atoms with Crippen LogP contribution in [0.3, 0.4) is 0 Å². The van der Waals surface area contributed by atoms with Crippen molar-refractivity contribution in [3.8, 4) is 0 Å². The Morgan fingerprint density at radius 2 is 1.80 bits per heavy atom. The molecule has 0 bridgehead atoms. The van der Waals surface area contributed by atoms with Crippen LogP contribution in [0.15, 0.2) is 0 Å². The summed E-state index contributed by atoms with van der Waals surface area (Å²) in [5, 5.41) is 2.90. The summed E-state index contributed by atoms with van der Waals surface area (Å²) in [6, 6.07) is -0.699. The summed E-state index contributed by atoms with van der Waals surface area (Å²) in [5.41, 5.74) is 0.123. The molecule has 0 aliphatic heterocycles. The molecule has 0 saturated heterocycles. The fourth-order valence-electron chi connectivity index (χ4n) is 1.47. The molecule has 1 nitrogen and oxygen atoms in total. The monoisotopic (exact) mass is 221 g/mol. The zero-order chi connectivity index (χ0) is 11.9. The second-order valence-corrected chi connectivity index (χ2v) is 5.13. The molecule has 0 aliphatic rings. The molecule has 0 aromatic carbocycles. The third-order valence-electron chi connectivity index (χ3n) is 2.74. The lowest BCUT2D eigenvalue weighted by molar-refractivity contribution is 0.0992. The number of hydrogen-bond acceptors (Lipinski definition) is 1. The molecule has 0 aliphatic carbocycles. The average Bonchev–Trinajstić information content (AvgIpc) is 2.14. The SMILES string of the molecule is CCCCCC(C)(C)CNC(C)C(F)F. The standard InChI is InChI=1S/C12H25F2N/c1-5-6-7-8-12(3,4)9-15-10(2)11(13)14/h10-11,15H,5-9H2,1-4H3. The van der Waals surface area contributed by atoms with Crippen LogP contribution in [0.25, 0.3) is 0 Å². The van der Waals surface area contributed by atoms with Gasteiger partial charge in [-0.25, -0.2) is 8.78 Å². The normalized spacial score (nSPS) is 14.6. The molecule has 1 unspecified atom stereocenters. The number of nitrogens with one attached hydrogen (secondary N) is 1. The highest BCUT2D eigenvalue weighted by atomic mass is 19.3. The van der Waals surface area contributed by atoms with E-state index in [4.69, 9.17) is 0 Å². The zero-order valence-corrected chi connectivity index (χ0v) is 10.4. The van der Waals surface area contributed by atoms with Gasteiger partial charge in [-0.1, -0.05) is 40.0 Å². The Morgan fingerprint density at radius 3 is 2.27 bits per heavy atom. The van der Waals surface area contributed by atoms with E-state index in [-0.39, 0.29) is 5.41 Å². The highest BCUT2D eigenvalue weighted by molar-refractivity contribution is 4.74. The molecule has 0 fully saturated rings. The van der Waals surface area contributed by atoms with Crippen LogP contribution in [0.2, 0.25) is 0 Å². The molecule has 0 heterocycles. The van der Waals surface area contributed by atoms with Crippen molar-refractivity contribution in [2.24, 2.45) is 5.41 Å². The summed E-state index contributed by atoms with van der Waals surface area (Å²) in [5.74, 6) is 0. The van der Waals surface area contributed by atoms with Crippen molar-refractivity contribution < 1.29 is 8.78 Å². The van der Waals surface area contributed by atoms with Crippen LogP contribution in [0.4, 0.5) is 8.78 Å². The van der Waals surface area contributed by atoms with Crippen LogP contribution in [0.1, 0.15) is 53.4 Å². The van der Waals surface area contributed by atoms with Gasteiger partial charge in [0.25, 0.3) is 6.43 Å². The molecule has 3 heteroatoms. The molecule has 0 aromatic rings. The Morgan fingerprint density at radius 1 is 1.20 bits per heavy atom. The quantitative estimate of drug-likeness (QED) is 0.614. The smallest absolute Gasteiger partial charge is 0.253 e. The fraction of sp³-hybridized carbons (Fsp3) is 1.00. The number of alkyl halides is 2. The predicted octanol–water partition coefficient (Wildman–Crippen LogP) is 3.84. The van der Waals surface area contributed by atoms with Crippen LogP contribution >= 0.6 is 0 Å². The Bertz CT molecular complexity index is 158. The summed E-state index contributed by atoms with van der Waals surface area (Å²) in [4.78, 5) is 0. The molecule has 1 atom stereocenters. The molecular formula is C12H25F2N. The Balaban J connectivity index is 3.72. The number of hydrogen-bond donors (Lipinski definition) is 1. The van der Waals surface area contributed by atoms with Crippen LogP contribution in [0.5, 0.6) is 0 Å². The van der Waals surface area contributed by atoms with E-state index >= 15 is 0 Å². The summed E-state index contributed by atoms with van der Waals surface area (Å²) in [6.07, 6.45) is 2.46. The van der Waals surface area contributed by atoms with Crippen molar-refractivity contribution in [2.45, 2.75) is 65.8 Å². The Kier molecular flexibility index (Phi) is 7.07. The van der Waals surface area contributed by atoms with Gasteiger partial charge in [0.15, 0.2) is 0 Å². The van der Waals surface area contributed by atoms with Crippen LogP contribution < -0.4 is 5.32 Å². The van der Waals surface area contributed by atoms with Gasteiger partial charge in [-0.3, -0.25) is 0 Å². The van der Waals surface area contributed by atoms with E-state index in [0.29, 0.717) is 6.54 Å². The minimum Gasteiger partial charge on any atom is -0.309 e. The van der Waals surface area contributed by atoms with Gasteiger partial charge in [-0.2, -0.15) is 0 Å². The zero-order valence-electron chi connectivity index (χ0n) is 10.4. The van der Waals surface area contributed by atoms with Crippen molar-refractivity contribution in [3.63, 3.8) is 0 Å². The van der Waals surface area contributed by atoms with E-state index in [2.05, 4.69) is 26.1 Å². The first-order valence-electron chi connectivity index (χ1n) is 5.90. The summed E-state index contributed by atoms with van der Waals surface area (Å²) in [6.45, 7) is 8.64. The first-order chi connectivity index (χ1) is 6.89. The minimum absolute atomic E-state index is 0.123. The Hall–Kier alpha value is -0.180. The van der Waals surface area contributed by atoms with Crippen LogP contribution in [0, 0.1) is 5.41 Å². The third-order valence-corrected chi connectivity index (χ3v) is 2.74. The molecule has 0 radical (unpaired) electrons. The third kappa shape index (κ3) is 7.71.